The lowest BCUT2D eigenvalue weighted by Gasteiger charge is -2.06. The van der Waals surface area contributed by atoms with Crippen LogP contribution < -0.4 is 5.73 Å². The molecule has 6 heteroatoms. The third-order valence-electron chi connectivity index (χ3n) is 2.25. The Kier molecular flexibility index (Phi) is 3.44. The molecule has 0 bridgehead atoms. The summed E-state index contributed by atoms with van der Waals surface area (Å²) in [6.07, 6.45) is 0. The number of nitrogen functional groups attached to an aromatic ring is 1. The van der Waals surface area contributed by atoms with Crippen molar-refractivity contribution in [3.63, 3.8) is 0 Å². The van der Waals surface area contributed by atoms with Gasteiger partial charge in [-0.15, -0.1) is 0 Å². The first-order valence-corrected chi connectivity index (χ1v) is 5.60. The molecule has 17 heavy (non-hydrogen) atoms. The second kappa shape index (κ2) is 4.85. The maximum absolute atomic E-state index is 13.8. The zero-order valence-electron chi connectivity index (χ0n) is 9.04. The topological polar surface area (TPSA) is 61.3 Å². The second-order valence-electron chi connectivity index (χ2n) is 3.47. The predicted molar refractivity (Wildman–Crippen MR) is 64.7 cm³/mol. The van der Waals surface area contributed by atoms with Crippen molar-refractivity contribution < 1.29 is 13.7 Å². The Balaban J connectivity index is 2.45. The van der Waals surface area contributed by atoms with Crippen LogP contribution >= 0.6 is 15.9 Å². The van der Waals surface area contributed by atoms with Gasteiger partial charge in [-0.1, -0.05) is 21.1 Å². The fourth-order valence-electron chi connectivity index (χ4n) is 1.46. The fourth-order valence-corrected chi connectivity index (χ4v) is 2.01. The van der Waals surface area contributed by atoms with Gasteiger partial charge in [-0.3, -0.25) is 0 Å². The van der Waals surface area contributed by atoms with Gasteiger partial charge in [0, 0.05) is 28.8 Å². The van der Waals surface area contributed by atoms with Crippen molar-refractivity contribution in [1.29, 1.82) is 0 Å². The minimum Gasteiger partial charge on any atom is -0.380 e. The van der Waals surface area contributed by atoms with Crippen molar-refractivity contribution in [2.45, 2.75) is 6.61 Å². The van der Waals surface area contributed by atoms with Crippen LogP contribution in [-0.2, 0) is 11.3 Å². The molecular formula is C11H10BrFN2O2. The van der Waals surface area contributed by atoms with Gasteiger partial charge in [-0.25, -0.2) is 4.39 Å². The fraction of sp³-hybridized carbons (Fsp3) is 0.182. The number of rotatable bonds is 3. The maximum atomic E-state index is 13.8. The lowest BCUT2D eigenvalue weighted by atomic mass is 10.1. The first-order chi connectivity index (χ1) is 8.11. The average Bonchev–Trinajstić information content (AvgIpc) is 2.70. The van der Waals surface area contributed by atoms with Crippen molar-refractivity contribution in [1.82, 2.24) is 5.16 Å². The molecule has 4 nitrogen and oxygen atoms in total. The number of hydrogen-bond acceptors (Lipinski definition) is 4. The molecule has 2 aromatic rings. The number of hydrogen-bond donors (Lipinski definition) is 1. The van der Waals surface area contributed by atoms with Crippen LogP contribution in [0.2, 0.25) is 0 Å². The SMILES string of the molecule is COCc1c(F)cc(-c2cc(N)on2)cc1Br. The largest absolute Gasteiger partial charge is 0.380 e. The van der Waals surface area contributed by atoms with E-state index in [2.05, 4.69) is 21.1 Å². The highest BCUT2D eigenvalue weighted by Gasteiger charge is 2.12. The minimum absolute atomic E-state index is 0.192. The quantitative estimate of drug-likeness (QED) is 0.946. The molecule has 1 aromatic carbocycles. The molecule has 0 radical (unpaired) electrons. The molecule has 1 aromatic heterocycles. The first kappa shape index (κ1) is 12.1. The molecule has 0 aliphatic rings. The molecule has 0 saturated carbocycles. The molecule has 0 saturated heterocycles. The third kappa shape index (κ3) is 2.48. The summed E-state index contributed by atoms with van der Waals surface area (Å²) in [6, 6.07) is 4.66. The summed E-state index contributed by atoms with van der Waals surface area (Å²) >= 11 is 3.29. The zero-order chi connectivity index (χ0) is 12.4. The van der Waals surface area contributed by atoms with Gasteiger partial charge in [0.2, 0.25) is 5.88 Å². The summed E-state index contributed by atoms with van der Waals surface area (Å²) < 4.78 is 24.1. The molecule has 1 heterocycles. The van der Waals surface area contributed by atoms with Gasteiger partial charge in [0.1, 0.15) is 11.5 Å². The van der Waals surface area contributed by atoms with E-state index in [1.54, 1.807) is 6.07 Å². The second-order valence-corrected chi connectivity index (χ2v) is 4.32. The van der Waals surface area contributed by atoms with Crippen LogP contribution in [0.25, 0.3) is 11.3 Å². The van der Waals surface area contributed by atoms with E-state index in [9.17, 15) is 4.39 Å². The molecule has 0 fully saturated rings. The highest BCUT2D eigenvalue weighted by atomic mass is 79.9. The van der Waals surface area contributed by atoms with E-state index >= 15 is 0 Å². The highest BCUT2D eigenvalue weighted by Crippen LogP contribution is 2.29. The number of nitrogens with two attached hydrogens (primary N) is 1. The lowest BCUT2D eigenvalue weighted by molar-refractivity contribution is 0.181. The van der Waals surface area contributed by atoms with Gasteiger partial charge in [-0.05, 0) is 12.1 Å². The van der Waals surface area contributed by atoms with E-state index in [0.717, 1.165) is 0 Å². The van der Waals surface area contributed by atoms with Crippen molar-refractivity contribution in [3.05, 3.63) is 34.1 Å². The summed E-state index contributed by atoms with van der Waals surface area (Å²) in [5.41, 5.74) is 6.96. The standard InChI is InChI=1S/C11H10BrFN2O2/c1-16-5-7-8(12)2-6(3-9(7)13)10-4-11(14)17-15-10/h2-4H,5,14H2,1H3. The summed E-state index contributed by atoms with van der Waals surface area (Å²) in [5.74, 6) is -0.171. The van der Waals surface area contributed by atoms with Crippen molar-refractivity contribution >= 4 is 21.8 Å². The number of anilines is 1. The molecule has 0 aliphatic heterocycles. The molecule has 0 atom stereocenters. The van der Waals surface area contributed by atoms with E-state index in [4.69, 9.17) is 15.0 Å². The van der Waals surface area contributed by atoms with E-state index < -0.39 is 0 Å². The van der Waals surface area contributed by atoms with Gasteiger partial charge in [-0.2, -0.15) is 0 Å². The Morgan fingerprint density at radius 1 is 1.47 bits per heavy atom. The van der Waals surface area contributed by atoms with Crippen LogP contribution in [-0.4, -0.2) is 12.3 Å². The van der Waals surface area contributed by atoms with Gasteiger partial charge < -0.3 is 15.0 Å². The lowest BCUT2D eigenvalue weighted by Crippen LogP contribution is -1.95. The van der Waals surface area contributed by atoms with Crippen LogP contribution in [0, 0.1) is 5.82 Å². The molecule has 0 unspecified atom stereocenters. The number of ether oxygens (including phenoxy) is 1. The average molecular weight is 301 g/mol. The minimum atomic E-state index is -0.363. The number of nitrogens with zero attached hydrogens (tertiary/aromatic N) is 1. The van der Waals surface area contributed by atoms with Crippen LogP contribution in [0.5, 0.6) is 0 Å². The number of benzene rings is 1. The Morgan fingerprint density at radius 2 is 2.24 bits per heavy atom. The van der Waals surface area contributed by atoms with Gasteiger partial charge in [0.15, 0.2) is 0 Å². The van der Waals surface area contributed by atoms with Gasteiger partial charge in [0.25, 0.3) is 0 Å². The number of methoxy groups -OCH3 is 1. The Labute approximate surface area is 106 Å². The number of aromatic nitrogens is 1. The van der Waals surface area contributed by atoms with E-state index in [1.165, 1.54) is 19.2 Å². The van der Waals surface area contributed by atoms with Crippen LogP contribution in [0.1, 0.15) is 5.56 Å². The van der Waals surface area contributed by atoms with Crippen molar-refractivity contribution in [3.8, 4) is 11.3 Å². The van der Waals surface area contributed by atoms with Gasteiger partial charge >= 0.3 is 0 Å². The molecule has 90 valence electrons. The maximum Gasteiger partial charge on any atom is 0.222 e. The van der Waals surface area contributed by atoms with Crippen LogP contribution in [0.15, 0.2) is 27.2 Å². The first-order valence-electron chi connectivity index (χ1n) is 4.81. The molecular weight excluding hydrogens is 291 g/mol. The normalized spacial score (nSPS) is 10.8. The van der Waals surface area contributed by atoms with Crippen molar-refractivity contribution in [2.24, 2.45) is 0 Å². The van der Waals surface area contributed by atoms with E-state index in [1.807, 2.05) is 0 Å². The zero-order valence-corrected chi connectivity index (χ0v) is 10.6. The Bertz CT molecular complexity index is 519. The molecule has 2 N–H and O–H groups in total. The summed E-state index contributed by atoms with van der Waals surface area (Å²) in [6.45, 7) is 0.202. The van der Waals surface area contributed by atoms with Crippen LogP contribution in [0.4, 0.5) is 10.3 Å². The molecule has 0 spiro atoms. The Morgan fingerprint density at radius 3 is 2.76 bits per heavy atom. The Hall–Kier alpha value is -1.40. The predicted octanol–water partition coefficient (Wildman–Crippen LogP) is 2.97. The monoisotopic (exact) mass is 300 g/mol. The van der Waals surface area contributed by atoms with Crippen LogP contribution in [0.3, 0.4) is 0 Å². The smallest absolute Gasteiger partial charge is 0.222 e. The summed E-state index contributed by atoms with van der Waals surface area (Å²) in [7, 11) is 1.51. The van der Waals surface area contributed by atoms with Crippen molar-refractivity contribution in [2.75, 3.05) is 12.8 Å². The third-order valence-corrected chi connectivity index (χ3v) is 2.96. The highest BCUT2D eigenvalue weighted by molar-refractivity contribution is 9.10. The summed E-state index contributed by atoms with van der Waals surface area (Å²) in [5, 5.41) is 3.73. The molecule has 0 amide bonds. The summed E-state index contributed by atoms with van der Waals surface area (Å²) in [4.78, 5) is 0. The molecule has 0 aliphatic carbocycles. The number of halogens is 2. The van der Waals surface area contributed by atoms with E-state index in [0.29, 0.717) is 21.3 Å². The van der Waals surface area contributed by atoms with E-state index in [-0.39, 0.29) is 18.3 Å². The van der Waals surface area contributed by atoms with Gasteiger partial charge in [0.05, 0.1) is 6.61 Å². The molecule has 2 rings (SSSR count).